The van der Waals surface area contributed by atoms with Crippen molar-refractivity contribution in [2.24, 2.45) is 0 Å². The van der Waals surface area contributed by atoms with Gasteiger partial charge in [0.05, 0.1) is 6.61 Å². The molecule has 1 rings (SSSR count). The minimum Gasteiger partial charge on any atom is -0.494 e. The van der Waals surface area contributed by atoms with Crippen LogP contribution in [0.25, 0.3) is 0 Å². The summed E-state index contributed by atoms with van der Waals surface area (Å²) >= 11 is 5.74. The van der Waals surface area contributed by atoms with Crippen LogP contribution in [-0.2, 0) is 5.88 Å². The van der Waals surface area contributed by atoms with Crippen LogP contribution in [0.3, 0.4) is 0 Å². The second-order valence-electron chi connectivity index (χ2n) is 4.75. The highest BCUT2D eigenvalue weighted by molar-refractivity contribution is 6.17. The van der Waals surface area contributed by atoms with E-state index in [1.165, 1.54) is 38.5 Å². The highest BCUT2D eigenvalue weighted by Gasteiger charge is 1.95. The van der Waals surface area contributed by atoms with Crippen molar-refractivity contribution in [2.75, 3.05) is 6.61 Å². The first-order chi connectivity index (χ1) is 8.86. The van der Waals surface area contributed by atoms with Crippen molar-refractivity contribution in [3.05, 3.63) is 29.8 Å². The third-order valence-corrected chi connectivity index (χ3v) is 3.40. The molecule has 0 unspecified atom stereocenters. The van der Waals surface area contributed by atoms with Gasteiger partial charge in [-0.15, -0.1) is 11.6 Å². The molecule has 0 atom stereocenters. The first-order valence-electron chi connectivity index (χ1n) is 7.14. The Morgan fingerprint density at radius 2 is 1.50 bits per heavy atom. The van der Waals surface area contributed by atoms with Gasteiger partial charge in [0.1, 0.15) is 5.75 Å². The second-order valence-corrected chi connectivity index (χ2v) is 5.01. The average Bonchev–Trinajstić information content (AvgIpc) is 2.42. The van der Waals surface area contributed by atoms with E-state index in [2.05, 4.69) is 6.92 Å². The zero-order valence-corrected chi connectivity index (χ0v) is 12.2. The lowest BCUT2D eigenvalue weighted by Crippen LogP contribution is -1.97. The first-order valence-corrected chi connectivity index (χ1v) is 7.68. The van der Waals surface area contributed by atoms with Gasteiger partial charge in [0.2, 0.25) is 0 Å². The molecule has 2 heteroatoms. The van der Waals surface area contributed by atoms with Crippen LogP contribution in [0.5, 0.6) is 5.75 Å². The predicted octanol–water partition coefficient (Wildman–Crippen LogP) is 5.55. The quantitative estimate of drug-likeness (QED) is 0.399. The Kier molecular flexibility index (Phi) is 8.75. The molecule has 0 aliphatic carbocycles. The molecule has 0 radical (unpaired) electrons. The topological polar surface area (TPSA) is 9.23 Å². The molecule has 1 nitrogen and oxygen atoms in total. The molecular weight excluding hydrogens is 244 g/mol. The summed E-state index contributed by atoms with van der Waals surface area (Å²) in [6.07, 6.45) is 9.24. The van der Waals surface area contributed by atoms with Gasteiger partial charge in [-0.25, -0.2) is 0 Å². The van der Waals surface area contributed by atoms with Gasteiger partial charge in [0.25, 0.3) is 0 Å². The summed E-state index contributed by atoms with van der Waals surface area (Å²) in [5, 5.41) is 0. The normalized spacial score (nSPS) is 10.6. The van der Waals surface area contributed by atoms with Gasteiger partial charge in [0, 0.05) is 5.88 Å². The lowest BCUT2D eigenvalue weighted by Gasteiger charge is -2.06. The van der Waals surface area contributed by atoms with Gasteiger partial charge < -0.3 is 4.74 Å². The van der Waals surface area contributed by atoms with Crippen molar-refractivity contribution in [3.8, 4) is 5.75 Å². The fourth-order valence-electron chi connectivity index (χ4n) is 1.92. The van der Waals surface area contributed by atoms with Crippen LogP contribution in [0.15, 0.2) is 24.3 Å². The zero-order chi connectivity index (χ0) is 13.1. The van der Waals surface area contributed by atoms with E-state index in [-0.39, 0.29) is 0 Å². The zero-order valence-electron chi connectivity index (χ0n) is 11.5. The molecule has 0 amide bonds. The van der Waals surface area contributed by atoms with E-state index < -0.39 is 0 Å². The SMILES string of the molecule is CCCCCCCCCOc1ccc(CCl)cc1. The fraction of sp³-hybridized carbons (Fsp3) is 0.625. The van der Waals surface area contributed by atoms with Gasteiger partial charge >= 0.3 is 0 Å². The number of alkyl halides is 1. The Morgan fingerprint density at radius 3 is 2.11 bits per heavy atom. The third-order valence-electron chi connectivity index (χ3n) is 3.09. The summed E-state index contributed by atoms with van der Waals surface area (Å²) in [6, 6.07) is 8.04. The molecule has 102 valence electrons. The number of hydrogen-bond acceptors (Lipinski definition) is 1. The smallest absolute Gasteiger partial charge is 0.119 e. The van der Waals surface area contributed by atoms with Crippen LogP contribution >= 0.6 is 11.6 Å². The molecule has 0 fully saturated rings. The maximum Gasteiger partial charge on any atom is 0.119 e. The number of benzene rings is 1. The van der Waals surface area contributed by atoms with Gasteiger partial charge in [-0.3, -0.25) is 0 Å². The molecule has 1 aromatic rings. The Labute approximate surface area is 116 Å². The van der Waals surface area contributed by atoms with E-state index in [1.54, 1.807) is 0 Å². The molecule has 0 aliphatic rings. The molecule has 0 aromatic heterocycles. The maximum absolute atomic E-state index is 5.74. The van der Waals surface area contributed by atoms with Crippen molar-refractivity contribution < 1.29 is 4.74 Å². The number of rotatable bonds is 10. The lowest BCUT2D eigenvalue weighted by molar-refractivity contribution is 0.304. The van der Waals surface area contributed by atoms with E-state index in [9.17, 15) is 0 Å². The molecule has 0 aliphatic heterocycles. The molecule has 0 saturated carbocycles. The summed E-state index contributed by atoms with van der Waals surface area (Å²) in [5.41, 5.74) is 1.14. The molecule has 0 heterocycles. The summed E-state index contributed by atoms with van der Waals surface area (Å²) in [5.74, 6) is 1.52. The van der Waals surface area contributed by atoms with Crippen LogP contribution in [0.4, 0.5) is 0 Å². The second kappa shape index (κ2) is 10.3. The van der Waals surface area contributed by atoms with Gasteiger partial charge in [-0.1, -0.05) is 57.6 Å². The highest BCUT2D eigenvalue weighted by Crippen LogP contribution is 2.14. The summed E-state index contributed by atoms with van der Waals surface area (Å²) < 4.78 is 5.69. The molecule has 0 bridgehead atoms. The van der Waals surface area contributed by atoms with Crippen molar-refractivity contribution >= 4 is 11.6 Å². The van der Waals surface area contributed by atoms with Gasteiger partial charge in [-0.05, 0) is 24.1 Å². The predicted molar refractivity (Wildman–Crippen MR) is 79.5 cm³/mol. The Morgan fingerprint density at radius 1 is 0.889 bits per heavy atom. The van der Waals surface area contributed by atoms with E-state index in [4.69, 9.17) is 16.3 Å². The van der Waals surface area contributed by atoms with Crippen molar-refractivity contribution in [1.82, 2.24) is 0 Å². The van der Waals surface area contributed by atoms with E-state index in [0.717, 1.165) is 24.3 Å². The molecule has 18 heavy (non-hydrogen) atoms. The van der Waals surface area contributed by atoms with Gasteiger partial charge in [-0.2, -0.15) is 0 Å². The molecule has 1 aromatic carbocycles. The fourth-order valence-corrected chi connectivity index (χ4v) is 2.10. The average molecular weight is 269 g/mol. The maximum atomic E-state index is 5.74. The summed E-state index contributed by atoms with van der Waals surface area (Å²) in [7, 11) is 0. The summed E-state index contributed by atoms with van der Waals surface area (Å²) in [4.78, 5) is 0. The molecular formula is C16H25ClO. The van der Waals surface area contributed by atoms with Crippen LogP contribution in [0, 0.1) is 0 Å². The third kappa shape index (κ3) is 6.90. The standard InChI is InChI=1S/C16H25ClO/c1-2-3-4-5-6-7-8-13-18-16-11-9-15(14-17)10-12-16/h9-12H,2-8,13-14H2,1H3. The molecule has 0 saturated heterocycles. The summed E-state index contributed by atoms with van der Waals surface area (Å²) in [6.45, 7) is 3.08. The Balaban J connectivity index is 2.00. The number of halogens is 1. The minimum absolute atomic E-state index is 0.568. The largest absolute Gasteiger partial charge is 0.494 e. The first kappa shape index (κ1) is 15.4. The molecule has 0 N–H and O–H groups in total. The number of unbranched alkanes of at least 4 members (excludes halogenated alkanes) is 6. The Hall–Kier alpha value is -0.690. The number of ether oxygens (including phenoxy) is 1. The number of hydrogen-bond donors (Lipinski definition) is 0. The van der Waals surface area contributed by atoms with E-state index in [0.29, 0.717) is 5.88 Å². The Bertz CT molecular complexity index is 294. The van der Waals surface area contributed by atoms with Crippen LogP contribution in [-0.4, -0.2) is 6.61 Å². The highest BCUT2D eigenvalue weighted by atomic mass is 35.5. The van der Waals surface area contributed by atoms with Crippen molar-refractivity contribution in [3.63, 3.8) is 0 Å². The lowest BCUT2D eigenvalue weighted by atomic mass is 10.1. The van der Waals surface area contributed by atoms with Crippen LogP contribution < -0.4 is 4.74 Å². The van der Waals surface area contributed by atoms with E-state index in [1.807, 2.05) is 24.3 Å². The van der Waals surface area contributed by atoms with Crippen molar-refractivity contribution in [1.29, 1.82) is 0 Å². The van der Waals surface area contributed by atoms with Gasteiger partial charge in [0.15, 0.2) is 0 Å². The van der Waals surface area contributed by atoms with Crippen molar-refractivity contribution in [2.45, 2.75) is 57.7 Å². The molecule has 0 spiro atoms. The van der Waals surface area contributed by atoms with Crippen LogP contribution in [0.2, 0.25) is 0 Å². The van der Waals surface area contributed by atoms with E-state index >= 15 is 0 Å². The minimum atomic E-state index is 0.568. The monoisotopic (exact) mass is 268 g/mol. The van der Waals surface area contributed by atoms with Crippen LogP contribution in [0.1, 0.15) is 57.4 Å².